The van der Waals surface area contributed by atoms with Crippen LogP contribution < -0.4 is 15.8 Å². The number of rotatable bonds is 7. The second kappa shape index (κ2) is 9.05. The Kier molecular flexibility index (Phi) is 6.80. The Balaban J connectivity index is 1.83. The molecule has 1 aromatic rings. The summed E-state index contributed by atoms with van der Waals surface area (Å²) in [6.45, 7) is 1.32. The lowest BCUT2D eigenvalue weighted by Gasteiger charge is -2.24. The van der Waals surface area contributed by atoms with Crippen LogP contribution in [0.2, 0.25) is 0 Å². The molecule has 7 heteroatoms. The van der Waals surface area contributed by atoms with Crippen LogP contribution in [-0.2, 0) is 14.3 Å². The quantitative estimate of drug-likeness (QED) is 0.727. The van der Waals surface area contributed by atoms with Crippen LogP contribution >= 0.6 is 0 Å². The third-order valence-corrected chi connectivity index (χ3v) is 4.08. The van der Waals surface area contributed by atoms with E-state index in [0.29, 0.717) is 11.3 Å². The third-order valence-electron chi connectivity index (χ3n) is 4.08. The molecule has 0 heterocycles. The molecule has 0 aliphatic heterocycles. The Labute approximate surface area is 146 Å². The molecule has 1 aromatic carbocycles. The van der Waals surface area contributed by atoms with E-state index in [1.807, 2.05) is 0 Å². The van der Waals surface area contributed by atoms with Gasteiger partial charge in [-0.1, -0.05) is 19.3 Å². The van der Waals surface area contributed by atoms with Crippen molar-refractivity contribution in [2.45, 2.75) is 51.2 Å². The van der Waals surface area contributed by atoms with E-state index in [2.05, 4.69) is 5.32 Å². The number of nitrogens with one attached hydrogen (secondary N) is 1. The zero-order valence-corrected chi connectivity index (χ0v) is 14.3. The van der Waals surface area contributed by atoms with Gasteiger partial charge in [0.05, 0.1) is 5.56 Å². The molecule has 7 nitrogen and oxygen atoms in total. The van der Waals surface area contributed by atoms with Crippen molar-refractivity contribution in [1.29, 1.82) is 0 Å². The van der Waals surface area contributed by atoms with Crippen molar-refractivity contribution >= 4 is 17.8 Å². The van der Waals surface area contributed by atoms with Crippen molar-refractivity contribution in [1.82, 2.24) is 5.32 Å². The van der Waals surface area contributed by atoms with Gasteiger partial charge in [-0.05, 0) is 44.0 Å². The lowest BCUT2D eigenvalue weighted by Crippen LogP contribution is -2.42. The Hall–Kier alpha value is -2.57. The minimum atomic E-state index is -0.861. The summed E-state index contributed by atoms with van der Waals surface area (Å²) in [6, 6.07) is 6.25. The number of hydrogen-bond donors (Lipinski definition) is 2. The van der Waals surface area contributed by atoms with Gasteiger partial charge in [-0.2, -0.15) is 0 Å². The molecule has 1 aliphatic carbocycles. The number of carbonyl (C=O) groups excluding carboxylic acids is 3. The first kappa shape index (κ1) is 18.8. The van der Waals surface area contributed by atoms with E-state index >= 15 is 0 Å². The van der Waals surface area contributed by atoms with Crippen molar-refractivity contribution in [3.05, 3.63) is 29.8 Å². The van der Waals surface area contributed by atoms with Crippen molar-refractivity contribution in [3.63, 3.8) is 0 Å². The van der Waals surface area contributed by atoms with Crippen LogP contribution in [0, 0.1) is 0 Å². The zero-order valence-electron chi connectivity index (χ0n) is 14.3. The van der Waals surface area contributed by atoms with Crippen molar-refractivity contribution in [2.75, 3.05) is 6.61 Å². The van der Waals surface area contributed by atoms with Gasteiger partial charge in [0.25, 0.3) is 11.8 Å². The van der Waals surface area contributed by atoms with Gasteiger partial charge in [0.2, 0.25) is 0 Å². The summed E-state index contributed by atoms with van der Waals surface area (Å²) in [5, 5.41) is 2.93. The van der Waals surface area contributed by atoms with Crippen LogP contribution in [0.15, 0.2) is 24.3 Å². The summed E-state index contributed by atoms with van der Waals surface area (Å²) in [5.74, 6) is -1.03. The first-order valence-electron chi connectivity index (χ1n) is 8.48. The van der Waals surface area contributed by atoms with Gasteiger partial charge in [0, 0.05) is 6.04 Å². The van der Waals surface area contributed by atoms with Crippen LogP contribution in [-0.4, -0.2) is 36.5 Å². The zero-order chi connectivity index (χ0) is 18.2. The van der Waals surface area contributed by atoms with Crippen LogP contribution in [0.3, 0.4) is 0 Å². The summed E-state index contributed by atoms with van der Waals surface area (Å²) < 4.78 is 10.3. The monoisotopic (exact) mass is 348 g/mol. The first-order valence-corrected chi connectivity index (χ1v) is 8.48. The number of benzene rings is 1. The molecule has 1 saturated carbocycles. The van der Waals surface area contributed by atoms with E-state index in [4.69, 9.17) is 15.2 Å². The minimum absolute atomic E-state index is 0.170. The second-order valence-corrected chi connectivity index (χ2v) is 6.17. The largest absolute Gasteiger partial charge is 0.484 e. The number of ether oxygens (including phenoxy) is 2. The van der Waals surface area contributed by atoms with E-state index in [1.54, 1.807) is 6.92 Å². The maximum absolute atomic E-state index is 12.1. The Morgan fingerprint density at radius 1 is 1.16 bits per heavy atom. The highest BCUT2D eigenvalue weighted by Gasteiger charge is 2.22. The predicted molar refractivity (Wildman–Crippen MR) is 91.0 cm³/mol. The smallest absolute Gasteiger partial charge is 0.338 e. The molecule has 0 radical (unpaired) electrons. The first-order chi connectivity index (χ1) is 12.0. The number of carbonyl (C=O) groups is 3. The summed E-state index contributed by atoms with van der Waals surface area (Å²) in [7, 11) is 0. The summed E-state index contributed by atoms with van der Waals surface area (Å²) in [4.78, 5) is 34.9. The standard InChI is InChI=1S/C18H24N2O5/c1-12(17(22)20-14-5-3-2-4-6-14)25-18(23)13-7-9-15(10-8-13)24-11-16(19)21/h7-10,12,14H,2-6,11H2,1H3,(H2,19,21)(H,20,22)/t12-/m0/s1. The highest BCUT2D eigenvalue weighted by atomic mass is 16.5. The average molecular weight is 348 g/mol. The number of nitrogens with two attached hydrogens (primary N) is 1. The van der Waals surface area contributed by atoms with Gasteiger partial charge in [-0.3, -0.25) is 9.59 Å². The van der Waals surface area contributed by atoms with Crippen molar-refractivity contribution in [3.8, 4) is 5.75 Å². The number of amides is 2. The molecular formula is C18H24N2O5. The molecule has 0 unspecified atom stereocenters. The molecule has 1 fully saturated rings. The number of hydrogen-bond acceptors (Lipinski definition) is 5. The average Bonchev–Trinajstić information content (AvgIpc) is 2.61. The van der Waals surface area contributed by atoms with Crippen molar-refractivity contribution < 1.29 is 23.9 Å². The maximum atomic E-state index is 12.1. The fraction of sp³-hybridized carbons (Fsp3) is 0.500. The van der Waals surface area contributed by atoms with Gasteiger partial charge in [-0.25, -0.2) is 4.79 Å². The Morgan fingerprint density at radius 2 is 1.80 bits per heavy atom. The van der Waals surface area contributed by atoms with E-state index in [0.717, 1.165) is 25.7 Å². The molecule has 136 valence electrons. The molecule has 0 bridgehead atoms. The lowest BCUT2D eigenvalue weighted by molar-refractivity contribution is -0.130. The van der Waals surface area contributed by atoms with Gasteiger partial charge < -0.3 is 20.5 Å². The highest BCUT2D eigenvalue weighted by Crippen LogP contribution is 2.18. The maximum Gasteiger partial charge on any atom is 0.338 e. The second-order valence-electron chi connectivity index (χ2n) is 6.17. The Morgan fingerprint density at radius 3 is 2.40 bits per heavy atom. The molecule has 2 amide bonds. The van der Waals surface area contributed by atoms with Crippen LogP contribution in [0.1, 0.15) is 49.4 Å². The lowest BCUT2D eigenvalue weighted by atomic mass is 9.95. The van der Waals surface area contributed by atoms with E-state index in [9.17, 15) is 14.4 Å². The SMILES string of the molecule is C[C@H](OC(=O)c1ccc(OCC(N)=O)cc1)C(=O)NC1CCCCC1. The summed E-state index contributed by atoms with van der Waals surface area (Å²) >= 11 is 0. The fourth-order valence-electron chi connectivity index (χ4n) is 2.69. The predicted octanol–water partition coefficient (Wildman–Crippen LogP) is 1.54. The molecule has 1 aliphatic rings. The summed E-state index contributed by atoms with van der Waals surface area (Å²) in [5.41, 5.74) is 5.29. The van der Waals surface area contributed by atoms with Gasteiger partial charge >= 0.3 is 5.97 Å². The molecule has 1 atom stereocenters. The highest BCUT2D eigenvalue weighted by molar-refractivity contribution is 5.92. The van der Waals surface area contributed by atoms with Crippen molar-refractivity contribution in [2.24, 2.45) is 5.73 Å². The van der Waals surface area contributed by atoms with Crippen LogP contribution in [0.25, 0.3) is 0 Å². The molecule has 0 saturated heterocycles. The topological polar surface area (TPSA) is 108 Å². The molecule has 3 N–H and O–H groups in total. The van der Waals surface area contributed by atoms with E-state index < -0.39 is 18.0 Å². The number of esters is 1. The van der Waals surface area contributed by atoms with Gasteiger partial charge in [-0.15, -0.1) is 0 Å². The van der Waals surface area contributed by atoms with E-state index in [1.165, 1.54) is 30.7 Å². The van der Waals surface area contributed by atoms with E-state index in [-0.39, 0.29) is 18.6 Å². The van der Waals surface area contributed by atoms with Crippen LogP contribution in [0.5, 0.6) is 5.75 Å². The normalized spacial score (nSPS) is 15.9. The fourth-order valence-corrected chi connectivity index (χ4v) is 2.69. The molecule has 25 heavy (non-hydrogen) atoms. The minimum Gasteiger partial charge on any atom is -0.484 e. The molecular weight excluding hydrogens is 324 g/mol. The summed E-state index contributed by atoms with van der Waals surface area (Å²) in [6.07, 6.45) is 4.52. The Bertz CT molecular complexity index is 608. The molecule has 2 rings (SSSR count). The van der Waals surface area contributed by atoms with Gasteiger partial charge in [0.1, 0.15) is 5.75 Å². The van der Waals surface area contributed by atoms with Gasteiger partial charge in [0.15, 0.2) is 12.7 Å². The molecule has 0 spiro atoms. The number of primary amides is 1. The van der Waals surface area contributed by atoms with Crippen LogP contribution in [0.4, 0.5) is 0 Å². The molecule has 0 aromatic heterocycles. The third kappa shape index (κ3) is 6.10.